The lowest BCUT2D eigenvalue weighted by atomic mass is 9.86. The van der Waals surface area contributed by atoms with Crippen molar-refractivity contribution in [2.24, 2.45) is 5.92 Å². The number of nitrogens with zero attached hydrogens (tertiary/aromatic N) is 1. The monoisotopic (exact) mass is 359 g/mol. The summed E-state index contributed by atoms with van der Waals surface area (Å²) < 4.78 is 5.83. The normalized spacial score (nSPS) is 20.3. The summed E-state index contributed by atoms with van der Waals surface area (Å²) in [6.07, 6.45) is 5.85. The number of benzene rings is 1. The van der Waals surface area contributed by atoms with Crippen LogP contribution in [0.1, 0.15) is 67.3 Å². The highest BCUT2D eigenvalue weighted by Crippen LogP contribution is 2.33. The molecule has 1 heterocycles. The molecule has 2 fully saturated rings. The molecule has 2 aliphatic rings. The van der Waals surface area contributed by atoms with E-state index in [0.29, 0.717) is 31.2 Å². The summed E-state index contributed by atoms with van der Waals surface area (Å²) in [6.45, 7) is 3.86. The van der Waals surface area contributed by atoms with E-state index in [0.717, 1.165) is 31.2 Å². The molecular weight excluding hydrogens is 330 g/mol. The minimum Gasteiger partial charge on any atom is -0.478 e. The minimum atomic E-state index is -0.878. The number of ether oxygens (including phenoxy) is 1. The van der Waals surface area contributed by atoms with Gasteiger partial charge in [-0.3, -0.25) is 4.79 Å². The smallest absolute Gasteiger partial charge is 0.335 e. The van der Waals surface area contributed by atoms with Crippen molar-refractivity contribution in [3.8, 4) is 0 Å². The molecule has 0 spiro atoms. The number of hydrogen-bond donors (Lipinski definition) is 1. The molecule has 5 heteroatoms. The van der Waals surface area contributed by atoms with Crippen molar-refractivity contribution in [1.29, 1.82) is 0 Å². The van der Waals surface area contributed by atoms with Crippen LogP contribution in [0.2, 0.25) is 0 Å². The fraction of sp³-hybridized carbons (Fsp3) is 0.619. The Morgan fingerprint density at radius 3 is 2.42 bits per heavy atom. The lowest BCUT2D eigenvalue weighted by Crippen LogP contribution is -2.47. The first-order valence-electron chi connectivity index (χ1n) is 9.84. The topological polar surface area (TPSA) is 66.8 Å². The summed E-state index contributed by atoms with van der Waals surface area (Å²) in [6, 6.07) is 7.23. The Hall–Kier alpha value is -1.88. The van der Waals surface area contributed by atoms with Crippen LogP contribution in [0.15, 0.2) is 24.3 Å². The van der Waals surface area contributed by atoms with E-state index in [-0.39, 0.29) is 17.9 Å². The second kappa shape index (κ2) is 8.67. The van der Waals surface area contributed by atoms with E-state index in [2.05, 4.69) is 0 Å². The van der Waals surface area contributed by atoms with Gasteiger partial charge >= 0.3 is 5.97 Å². The van der Waals surface area contributed by atoms with Crippen LogP contribution in [-0.2, 0) is 9.53 Å². The molecule has 1 saturated heterocycles. The van der Waals surface area contributed by atoms with Gasteiger partial charge in [0.1, 0.15) is 6.10 Å². The predicted octanol–water partition coefficient (Wildman–Crippen LogP) is 3.69. The summed E-state index contributed by atoms with van der Waals surface area (Å²) in [5, 5.41) is 9.41. The zero-order valence-electron chi connectivity index (χ0n) is 15.5. The predicted molar refractivity (Wildman–Crippen MR) is 99.3 cm³/mol. The second-order valence-corrected chi connectivity index (χ2v) is 7.41. The van der Waals surface area contributed by atoms with Crippen molar-refractivity contribution in [2.45, 2.75) is 57.5 Å². The number of hydrogen-bond acceptors (Lipinski definition) is 3. The third kappa shape index (κ3) is 4.09. The van der Waals surface area contributed by atoms with Crippen LogP contribution in [0.25, 0.3) is 0 Å². The van der Waals surface area contributed by atoms with Crippen molar-refractivity contribution in [3.63, 3.8) is 0 Å². The summed E-state index contributed by atoms with van der Waals surface area (Å²) in [5.74, 6) is -0.197. The molecule has 1 saturated carbocycles. The summed E-state index contributed by atoms with van der Waals surface area (Å²) in [5.41, 5.74) is 1.28. The Morgan fingerprint density at radius 2 is 1.81 bits per heavy atom. The number of amides is 1. The van der Waals surface area contributed by atoms with Crippen LogP contribution in [0.5, 0.6) is 0 Å². The van der Waals surface area contributed by atoms with E-state index in [1.165, 1.54) is 12.8 Å². The van der Waals surface area contributed by atoms with Crippen molar-refractivity contribution in [1.82, 2.24) is 4.90 Å². The van der Waals surface area contributed by atoms with Crippen molar-refractivity contribution < 1.29 is 19.4 Å². The van der Waals surface area contributed by atoms with Gasteiger partial charge in [-0.15, -0.1) is 0 Å². The summed E-state index contributed by atoms with van der Waals surface area (Å²) in [4.78, 5) is 26.4. The molecule has 1 aliphatic carbocycles. The lowest BCUT2D eigenvalue weighted by molar-refractivity contribution is -0.148. The van der Waals surface area contributed by atoms with Crippen LogP contribution in [0.4, 0.5) is 0 Å². The minimum absolute atomic E-state index is 0.128. The van der Waals surface area contributed by atoms with Gasteiger partial charge in [0.05, 0.1) is 5.56 Å². The van der Waals surface area contributed by atoms with Crippen molar-refractivity contribution in [2.75, 3.05) is 19.7 Å². The Balaban J connectivity index is 1.64. The molecule has 1 aliphatic heterocycles. The molecule has 0 bridgehead atoms. The van der Waals surface area contributed by atoms with Gasteiger partial charge < -0.3 is 14.7 Å². The molecule has 1 aromatic carbocycles. The highest BCUT2D eigenvalue weighted by molar-refractivity contribution is 5.89. The van der Waals surface area contributed by atoms with E-state index in [1.54, 1.807) is 12.1 Å². The molecule has 1 N–H and O–H groups in total. The van der Waals surface area contributed by atoms with E-state index >= 15 is 0 Å². The standard InChI is InChI=1S/C21H29NO4/c1-2-26-19(16-7-3-4-8-16)20(23)22-13-11-15(12-14-22)17-9-5-6-10-18(17)21(24)25/h5-6,9-10,15-16,19H,2-4,7-8,11-14H2,1H3,(H,24,25). The van der Waals surface area contributed by atoms with Gasteiger partial charge in [-0.2, -0.15) is 0 Å². The Bertz CT molecular complexity index is 631. The molecule has 26 heavy (non-hydrogen) atoms. The Labute approximate surface area is 155 Å². The van der Waals surface area contributed by atoms with Crippen LogP contribution >= 0.6 is 0 Å². The molecule has 0 radical (unpaired) electrons. The first kappa shape index (κ1) is 18.9. The van der Waals surface area contributed by atoms with Gasteiger partial charge in [-0.25, -0.2) is 4.79 Å². The largest absolute Gasteiger partial charge is 0.478 e. The van der Waals surface area contributed by atoms with Gasteiger partial charge in [0.2, 0.25) is 0 Å². The maximum atomic E-state index is 13.0. The van der Waals surface area contributed by atoms with Crippen molar-refractivity contribution in [3.05, 3.63) is 35.4 Å². The maximum Gasteiger partial charge on any atom is 0.335 e. The molecule has 142 valence electrons. The number of piperidine rings is 1. The Kier molecular flexibility index (Phi) is 6.30. The van der Waals surface area contributed by atoms with Gasteiger partial charge in [-0.05, 0) is 56.1 Å². The fourth-order valence-corrected chi connectivity index (χ4v) is 4.49. The zero-order valence-corrected chi connectivity index (χ0v) is 15.5. The molecule has 1 unspecified atom stereocenters. The summed E-state index contributed by atoms with van der Waals surface area (Å²) >= 11 is 0. The first-order chi connectivity index (χ1) is 12.6. The van der Waals surface area contributed by atoms with Gasteiger partial charge in [0.25, 0.3) is 5.91 Å². The van der Waals surface area contributed by atoms with Gasteiger partial charge in [0, 0.05) is 19.7 Å². The number of rotatable bonds is 6. The highest BCUT2D eigenvalue weighted by Gasteiger charge is 2.36. The van der Waals surface area contributed by atoms with E-state index < -0.39 is 5.97 Å². The average Bonchev–Trinajstić information content (AvgIpc) is 3.20. The molecular formula is C21H29NO4. The molecule has 1 aromatic rings. The van der Waals surface area contributed by atoms with Gasteiger partial charge in [0.15, 0.2) is 0 Å². The number of carbonyl (C=O) groups is 2. The third-order valence-electron chi connectivity index (χ3n) is 5.86. The van der Waals surface area contributed by atoms with Crippen LogP contribution in [0, 0.1) is 5.92 Å². The number of aromatic carboxylic acids is 1. The molecule has 3 rings (SSSR count). The average molecular weight is 359 g/mol. The highest BCUT2D eigenvalue weighted by atomic mass is 16.5. The first-order valence-corrected chi connectivity index (χ1v) is 9.84. The fourth-order valence-electron chi connectivity index (χ4n) is 4.49. The van der Waals surface area contributed by atoms with Gasteiger partial charge in [-0.1, -0.05) is 31.0 Å². The van der Waals surface area contributed by atoms with Crippen LogP contribution < -0.4 is 0 Å². The molecule has 5 nitrogen and oxygen atoms in total. The van der Waals surface area contributed by atoms with E-state index in [1.807, 2.05) is 24.0 Å². The number of carbonyl (C=O) groups excluding carboxylic acids is 1. The number of likely N-dealkylation sites (tertiary alicyclic amines) is 1. The maximum absolute atomic E-state index is 13.0. The zero-order chi connectivity index (χ0) is 18.5. The molecule has 1 amide bonds. The third-order valence-corrected chi connectivity index (χ3v) is 5.86. The van der Waals surface area contributed by atoms with Crippen molar-refractivity contribution >= 4 is 11.9 Å². The Morgan fingerprint density at radius 1 is 1.15 bits per heavy atom. The number of carboxylic acids is 1. The quantitative estimate of drug-likeness (QED) is 0.841. The lowest BCUT2D eigenvalue weighted by Gasteiger charge is -2.36. The van der Waals surface area contributed by atoms with E-state index in [9.17, 15) is 14.7 Å². The van der Waals surface area contributed by atoms with Crippen LogP contribution in [-0.4, -0.2) is 47.7 Å². The molecule has 0 aromatic heterocycles. The second-order valence-electron chi connectivity index (χ2n) is 7.41. The van der Waals surface area contributed by atoms with E-state index in [4.69, 9.17) is 4.74 Å². The molecule has 1 atom stereocenters. The van der Waals surface area contributed by atoms with Crippen LogP contribution in [0.3, 0.4) is 0 Å². The SMILES string of the molecule is CCOC(C(=O)N1CCC(c2ccccc2C(=O)O)CC1)C1CCCC1. The number of carboxylic acid groups (broad SMARTS) is 1. The summed E-state index contributed by atoms with van der Waals surface area (Å²) in [7, 11) is 0.